The van der Waals surface area contributed by atoms with Gasteiger partial charge in [-0.25, -0.2) is 9.97 Å². The van der Waals surface area contributed by atoms with Crippen LogP contribution < -0.4 is 10.2 Å². The van der Waals surface area contributed by atoms with Crippen LogP contribution in [0.1, 0.15) is 55.8 Å². The van der Waals surface area contributed by atoms with Crippen LogP contribution >= 0.6 is 0 Å². The van der Waals surface area contributed by atoms with E-state index in [9.17, 15) is 4.79 Å². The molecule has 22 heavy (non-hydrogen) atoms. The molecule has 6 heteroatoms. The Labute approximate surface area is 130 Å². The van der Waals surface area contributed by atoms with E-state index in [1.807, 2.05) is 0 Å². The number of anilines is 2. The molecule has 0 radical (unpaired) electrons. The highest BCUT2D eigenvalue weighted by Crippen LogP contribution is 2.40. The number of aromatic nitrogens is 2. The SMILES string of the molecule is Cc1c(NC2CC2)nc(C2CC2)nc1N1CCC(=O)CC1.O. The van der Waals surface area contributed by atoms with Crippen LogP contribution in [0.2, 0.25) is 0 Å². The molecule has 0 aromatic carbocycles. The second-order valence-electron chi connectivity index (χ2n) is 6.60. The van der Waals surface area contributed by atoms with Gasteiger partial charge in [0.25, 0.3) is 0 Å². The van der Waals surface area contributed by atoms with Gasteiger partial charge in [-0.1, -0.05) is 0 Å². The second-order valence-corrected chi connectivity index (χ2v) is 6.60. The first-order valence-corrected chi connectivity index (χ1v) is 8.12. The number of nitrogens with zero attached hydrogens (tertiary/aromatic N) is 3. The van der Waals surface area contributed by atoms with Crippen molar-refractivity contribution >= 4 is 17.4 Å². The summed E-state index contributed by atoms with van der Waals surface area (Å²) >= 11 is 0. The maximum atomic E-state index is 11.5. The molecule has 3 aliphatic rings. The van der Waals surface area contributed by atoms with E-state index in [4.69, 9.17) is 9.97 Å². The molecule has 3 N–H and O–H groups in total. The second kappa shape index (κ2) is 5.83. The number of carbonyl (C=O) groups is 1. The van der Waals surface area contributed by atoms with Gasteiger partial charge < -0.3 is 15.7 Å². The van der Waals surface area contributed by atoms with E-state index in [0.717, 1.165) is 36.1 Å². The molecular weight excluding hydrogens is 280 g/mol. The molecular formula is C16H24N4O2. The minimum Gasteiger partial charge on any atom is -0.412 e. The summed E-state index contributed by atoms with van der Waals surface area (Å²) in [5, 5.41) is 3.55. The summed E-state index contributed by atoms with van der Waals surface area (Å²) in [6, 6.07) is 0.599. The van der Waals surface area contributed by atoms with E-state index in [-0.39, 0.29) is 5.48 Å². The Hall–Kier alpha value is -1.69. The highest BCUT2D eigenvalue weighted by molar-refractivity contribution is 5.81. The zero-order chi connectivity index (χ0) is 14.4. The van der Waals surface area contributed by atoms with Crippen molar-refractivity contribution in [2.45, 2.75) is 57.4 Å². The number of nitrogens with one attached hydrogen (secondary N) is 1. The molecule has 2 saturated carbocycles. The van der Waals surface area contributed by atoms with Crippen molar-refractivity contribution in [1.82, 2.24) is 9.97 Å². The summed E-state index contributed by atoms with van der Waals surface area (Å²) in [5.41, 5.74) is 1.14. The van der Waals surface area contributed by atoms with Crippen molar-refractivity contribution in [3.8, 4) is 0 Å². The molecule has 1 aromatic rings. The van der Waals surface area contributed by atoms with Crippen molar-refractivity contribution in [3.63, 3.8) is 0 Å². The van der Waals surface area contributed by atoms with Crippen LogP contribution in [0.15, 0.2) is 0 Å². The fourth-order valence-electron chi connectivity index (χ4n) is 2.88. The van der Waals surface area contributed by atoms with Gasteiger partial charge in [-0.3, -0.25) is 4.79 Å². The Kier molecular flexibility index (Phi) is 4.04. The molecule has 6 nitrogen and oxygen atoms in total. The standard InChI is InChI=1S/C16H22N4O.H2O/c1-10-14(17-12-4-5-12)18-15(11-2-3-11)19-16(10)20-8-6-13(21)7-9-20;/h11-12H,2-9H2,1H3,(H,17,18,19);1H2. The first kappa shape index (κ1) is 15.2. The highest BCUT2D eigenvalue weighted by atomic mass is 16.1. The van der Waals surface area contributed by atoms with E-state index >= 15 is 0 Å². The Morgan fingerprint density at radius 3 is 2.36 bits per heavy atom. The maximum Gasteiger partial charge on any atom is 0.137 e. The molecule has 1 saturated heterocycles. The monoisotopic (exact) mass is 304 g/mol. The molecule has 2 aliphatic carbocycles. The first-order chi connectivity index (χ1) is 10.2. The van der Waals surface area contributed by atoms with Gasteiger partial charge in [0.15, 0.2) is 0 Å². The van der Waals surface area contributed by atoms with Crippen LogP contribution in [-0.4, -0.2) is 40.4 Å². The zero-order valence-corrected chi connectivity index (χ0v) is 13.1. The topological polar surface area (TPSA) is 89.6 Å². The number of carbonyl (C=O) groups excluding carboxylic acids is 1. The van der Waals surface area contributed by atoms with Crippen LogP contribution in [-0.2, 0) is 4.79 Å². The van der Waals surface area contributed by atoms with Crippen LogP contribution in [0, 0.1) is 6.92 Å². The van der Waals surface area contributed by atoms with E-state index in [1.165, 1.54) is 25.7 Å². The normalized spacial score (nSPS) is 21.5. The maximum absolute atomic E-state index is 11.5. The molecule has 1 aromatic heterocycles. The predicted molar refractivity (Wildman–Crippen MR) is 85.5 cm³/mol. The van der Waals surface area contributed by atoms with E-state index in [1.54, 1.807) is 0 Å². The minimum absolute atomic E-state index is 0. The summed E-state index contributed by atoms with van der Waals surface area (Å²) < 4.78 is 0. The van der Waals surface area contributed by atoms with E-state index < -0.39 is 0 Å². The van der Waals surface area contributed by atoms with Gasteiger partial charge in [-0.2, -0.15) is 0 Å². The Bertz CT molecular complexity index is 572. The van der Waals surface area contributed by atoms with E-state index in [0.29, 0.717) is 30.6 Å². The lowest BCUT2D eigenvalue weighted by molar-refractivity contribution is -0.119. The van der Waals surface area contributed by atoms with E-state index in [2.05, 4.69) is 17.1 Å². The third-order valence-corrected chi connectivity index (χ3v) is 4.62. The van der Waals surface area contributed by atoms with Crippen LogP contribution in [0.5, 0.6) is 0 Å². The molecule has 0 unspecified atom stereocenters. The molecule has 120 valence electrons. The lowest BCUT2D eigenvalue weighted by atomic mass is 10.1. The molecule has 1 aliphatic heterocycles. The molecule has 3 fully saturated rings. The molecule has 4 rings (SSSR count). The average Bonchev–Trinajstić information content (AvgIpc) is 3.36. The number of hydrogen-bond donors (Lipinski definition) is 1. The van der Waals surface area contributed by atoms with Gasteiger partial charge in [-0.15, -0.1) is 0 Å². The molecule has 0 bridgehead atoms. The first-order valence-electron chi connectivity index (χ1n) is 8.12. The van der Waals surface area contributed by atoms with Gasteiger partial charge in [0.05, 0.1) is 0 Å². The molecule has 0 atom stereocenters. The fourth-order valence-corrected chi connectivity index (χ4v) is 2.88. The third-order valence-electron chi connectivity index (χ3n) is 4.62. The summed E-state index contributed by atoms with van der Waals surface area (Å²) in [6.45, 7) is 3.69. The number of rotatable bonds is 4. The highest BCUT2D eigenvalue weighted by Gasteiger charge is 2.31. The Morgan fingerprint density at radius 1 is 1.09 bits per heavy atom. The average molecular weight is 304 g/mol. The molecule has 0 spiro atoms. The quantitative estimate of drug-likeness (QED) is 0.912. The summed E-state index contributed by atoms with van der Waals surface area (Å²) in [4.78, 5) is 23.3. The zero-order valence-electron chi connectivity index (χ0n) is 13.1. The van der Waals surface area contributed by atoms with Gasteiger partial charge in [0, 0.05) is 43.5 Å². The lowest BCUT2D eigenvalue weighted by Crippen LogP contribution is -2.35. The third kappa shape index (κ3) is 3.06. The molecule has 0 amide bonds. The summed E-state index contributed by atoms with van der Waals surface area (Å²) in [7, 11) is 0. The predicted octanol–water partition coefficient (Wildman–Crippen LogP) is 1.58. The van der Waals surface area contributed by atoms with Crippen molar-refractivity contribution < 1.29 is 10.3 Å². The number of hydrogen-bond acceptors (Lipinski definition) is 5. The van der Waals surface area contributed by atoms with Crippen LogP contribution in [0.4, 0.5) is 11.6 Å². The fraction of sp³-hybridized carbons (Fsp3) is 0.688. The van der Waals surface area contributed by atoms with Gasteiger partial charge in [0.2, 0.25) is 0 Å². The Balaban J connectivity index is 0.00000144. The lowest BCUT2D eigenvalue weighted by Gasteiger charge is -2.29. The van der Waals surface area contributed by atoms with Crippen LogP contribution in [0.3, 0.4) is 0 Å². The van der Waals surface area contributed by atoms with Gasteiger partial charge in [-0.05, 0) is 32.6 Å². The summed E-state index contributed by atoms with van der Waals surface area (Å²) in [5.74, 6) is 3.98. The number of piperidine rings is 1. The van der Waals surface area contributed by atoms with Crippen molar-refractivity contribution in [1.29, 1.82) is 0 Å². The number of ketones is 1. The largest absolute Gasteiger partial charge is 0.412 e. The molecule has 2 heterocycles. The van der Waals surface area contributed by atoms with Crippen molar-refractivity contribution in [2.75, 3.05) is 23.3 Å². The minimum atomic E-state index is 0. The van der Waals surface area contributed by atoms with Gasteiger partial charge >= 0.3 is 0 Å². The van der Waals surface area contributed by atoms with Crippen molar-refractivity contribution in [2.24, 2.45) is 0 Å². The van der Waals surface area contributed by atoms with Crippen LogP contribution in [0.25, 0.3) is 0 Å². The summed E-state index contributed by atoms with van der Waals surface area (Å²) in [6.07, 6.45) is 6.21. The van der Waals surface area contributed by atoms with Crippen molar-refractivity contribution in [3.05, 3.63) is 11.4 Å². The van der Waals surface area contributed by atoms with Gasteiger partial charge in [0.1, 0.15) is 23.2 Å². The Morgan fingerprint density at radius 2 is 1.77 bits per heavy atom. The smallest absolute Gasteiger partial charge is 0.137 e. The number of Topliss-reactive ketones (excluding diaryl/α,β-unsaturated/α-hetero) is 1.